The topological polar surface area (TPSA) is 89.9 Å². The van der Waals surface area contributed by atoms with E-state index in [9.17, 15) is 19.5 Å². The van der Waals surface area contributed by atoms with Gasteiger partial charge in [-0.3, -0.25) is 14.4 Å². The highest BCUT2D eigenvalue weighted by atomic mass is 16.5. The maximum Gasteiger partial charge on any atom is 0.328 e. The molecule has 0 aliphatic carbocycles. The summed E-state index contributed by atoms with van der Waals surface area (Å²) in [7, 11) is 0. The number of carbonyl (C=O) groups is 3. The first kappa shape index (κ1) is 16.7. The first-order valence-electron chi connectivity index (χ1n) is 6.60. The molecule has 0 saturated heterocycles. The molecule has 0 radical (unpaired) electrons. The lowest BCUT2D eigenvalue weighted by Gasteiger charge is -2.26. The van der Waals surface area contributed by atoms with E-state index in [-0.39, 0.29) is 18.8 Å². The van der Waals surface area contributed by atoms with Gasteiger partial charge in [0.2, 0.25) is 0 Å². The van der Waals surface area contributed by atoms with Gasteiger partial charge in [0, 0.05) is 0 Å². The maximum absolute atomic E-state index is 12.2. The van der Waals surface area contributed by atoms with Crippen molar-refractivity contribution in [2.75, 3.05) is 13.2 Å². The van der Waals surface area contributed by atoms with Gasteiger partial charge in [0.1, 0.15) is 0 Å². The van der Waals surface area contributed by atoms with E-state index in [1.54, 1.807) is 32.0 Å². The van der Waals surface area contributed by atoms with Crippen molar-refractivity contribution in [2.45, 2.75) is 25.7 Å². The second kappa shape index (κ2) is 7.42. The Balaban J connectivity index is 3.33. The van der Waals surface area contributed by atoms with E-state index >= 15 is 0 Å². The van der Waals surface area contributed by atoms with Crippen LogP contribution in [0.4, 0.5) is 0 Å². The Kier molecular flexibility index (Phi) is 5.90. The van der Waals surface area contributed by atoms with Gasteiger partial charge in [-0.1, -0.05) is 30.3 Å². The highest BCUT2D eigenvalue weighted by Crippen LogP contribution is 2.31. The number of rotatable bonds is 7. The number of ether oxygens (including phenoxy) is 2. The van der Waals surface area contributed by atoms with Gasteiger partial charge in [-0.15, -0.1) is 0 Å². The monoisotopic (exact) mass is 294 g/mol. The van der Waals surface area contributed by atoms with E-state index in [2.05, 4.69) is 0 Å². The lowest BCUT2D eigenvalue weighted by molar-refractivity contribution is -0.167. The molecular weight excluding hydrogens is 276 g/mol. The molecule has 0 spiro atoms. The van der Waals surface area contributed by atoms with Crippen LogP contribution in [0.3, 0.4) is 0 Å². The smallest absolute Gasteiger partial charge is 0.328 e. The molecule has 1 aromatic rings. The summed E-state index contributed by atoms with van der Waals surface area (Å²) in [6, 6.07) is 7.83. The van der Waals surface area contributed by atoms with Crippen LogP contribution < -0.4 is 0 Å². The van der Waals surface area contributed by atoms with Gasteiger partial charge in [-0.05, 0) is 19.4 Å². The second-order valence-electron chi connectivity index (χ2n) is 4.28. The predicted molar refractivity (Wildman–Crippen MR) is 73.6 cm³/mol. The van der Waals surface area contributed by atoms with Crippen LogP contribution in [0.1, 0.15) is 25.8 Å². The van der Waals surface area contributed by atoms with Gasteiger partial charge >= 0.3 is 17.9 Å². The quantitative estimate of drug-likeness (QED) is 0.606. The van der Waals surface area contributed by atoms with Gasteiger partial charge in [0.15, 0.2) is 5.41 Å². The van der Waals surface area contributed by atoms with E-state index < -0.39 is 29.7 Å². The Morgan fingerprint density at radius 1 is 1.05 bits per heavy atom. The fourth-order valence-corrected chi connectivity index (χ4v) is 1.98. The lowest BCUT2D eigenvalue weighted by atomic mass is 9.77. The number of carbonyl (C=O) groups excluding carboxylic acids is 2. The number of carboxylic acids is 1. The molecule has 1 aromatic carbocycles. The van der Waals surface area contributed by atoms with E-state index in [0.29, 0.717) is 0 Å². The maximum atomic E-state index is 12.2. The number of hydrogen-bond acceptors (Lipinski definition) is 5. The van der Waals surface area contributed by atoms with Crippen LogP contribution in [-0.4, -0.2) is 36.2 Å². The zero-order valence-electron chi connectivity index (χ0n) is 12.0. The summed E-state index contributed by atoms with van der Waals surface area (Å²) in [5, 5.41) is 9.58. The summed E-state index contributed by atoms with van der Waals surface area (Å²) in [6.07, 6.45) is -0.612. The Morgan fingerprint density at radius 3 is 2.10 bits per heavy atom. The number of esters is 2. The first-order chi connectivity index (χ1) is 9.98. The second-order valence-corrected chi connectivity index (χ2v) is 4.28. The average Bonchev–Trinajstić information content (AvgIpc) is 2.45. The first-order valence-corrected chi connectivity index (χ1v) is 6.60. The minimum absolute atomic E-state index is 0.0174. The Labute approximate surface area is 122 Å². The van der Waals surface area contributed by atoms with Gasteiger partial charge in [-0.25, -0.2) is 0 Å². The van der Waals surface area contributed by atoms with Gasteiger partial charge in [0.05, 0.1) is 19.6 Å². The highest BCUT2D eigenvalue weighted by Gasteiger charge is 2.51. The van der Waals surface area contributed by atoms with Crippen molar-refractivity contribution in [2.24, 2.45) is 0 Å². The van der Waals surface area contributed by atoms with Crippen molar-refractivity contribution in [3.63, 3.8) is 0 Å². The molecule has 1 N–H and O–H groups in total. The molecule has 0 bridgehead atoms. The highest BCUT2D eigenvalue weighted by molar-refractivity contribution is 6.08. The molecular formula is C15H18O6. The third-order valence-electron chi connectivity index (χ3n) is 2.97. The Bertz CT molecular complexity index is 510. The summed E-state index contributed by atoms with van der Waals surface area (Å²) in [4.78, 5) is 35.8. The summed E-state index contributed by atoms with van der Waals surface area (Å²) in [5.74, 6) is -3.19. The van der Waals surface area contributed by atoms with Crippen LogP contribution >= 0.6 is 0 Å². The van der Waals surface area contributed by atoms with Crippen LogP contribution in [0.25, 0.3) is 0 Å². The molecule has 1 unspecified atom stereocenters. The number of benzene rings is 1. The van der Waals surface area contributed by atoms with Crippen LogP contribution in [-0.2, 0) is 29.3 Å². The third kappa shape index (κ3) is 3.59. The standard InChI is InChI=1S/C15H18O6/c1-3-20-12(16)10-15(13(17)18,14(19)21-4-2)11-8-6-5-7-9-11/h5-9H,3-4,10H2,1-2H3,(H,17,18). The minimum atomic E-state index is -2.09. The molecule has 0 aromatic heterocycles. The summed E-state index contributed by atoms with van der Waals surface area (Å²) in [6.45, 7) is 3.29. The summed E-state index contributed by atoms with van der Waals surface area (Å²) < 4.78 is 9.66. The van der Waals surface area contributed by atoms with Crippen LogP contribution in [0.15, 0.2) is 30.3 Å². The lowest BCUT2D eigenvalue weighted by Crippen LogP contribution is -2.47. The molecule has 1 atom stereocenters. The van der Waals surface area contributed by atoms with Gasteiger partial charge in [0.25, 0.3) is 0 Å². The molecule has 0 fully saturated rings. The van der Waals surface area contributed by atoms with E-state index in [0.717, 1.165) is 0 Å². The van der Waals surface area contributed by atoms with Crippen molar-refractivity contribution in [3.8, 4) is 0 Å². The van der Waals surface area contributed by atoms with Crippen molar-refractivity contribution in [1.29, 1.82) is 0 Å². The van der Waals surface area contributed by atoms with Crippen LogP contribution in [0, 0.1) is 0 Å². The zero-order valence-corrected chi connectivity index (χ0v) is 12.0. The average molecular weight is 294 g/mol. The molecule has 0 aliphatic rings. The minimum Gasteiger partial charge on any atom is -0.480 e. The predicted octanol–water partition coefficient (Wildman–Crippen LogP) is 1.53. The van der Waals surface area contributed by atoms with E-state index in [4.69, 9.17) is 9.47 Å². The fraction of sp³-hybridized carbons (Fsp3) is 0.400. The summed E-state index contributed by atoms with van der Waals surface area (Å²) >= 11 is 0. The van der Waals surface area contributed by atoms with Crippen molar-refractivity contribution in [3.05, 3.63) is 35.9 Å². The Morgan fingerprint density at radius 2 is 1.62 bits per heavy atom. The van der Waals surface area contributed by atoms with E-state index in [1.807, 2.05) is 0 Å². The van der Waals surface area contributed by atoms with Gasteiger partial charge < -0.3 is 14.6 Å². The molecule has 114 valence electrons. The molecule has 0 heterocycles. The van der Waals surface area contributed by atoms with Crippen molar-refractivity contribution in [1.82, 2.24) is 0 Å². The largest absolute Gasteiger partial charge is 0.480 e. The Hall–Kier alpha value is -2.37. The fourth-order valence-electron chi connectivity index (χ4n) is 1.98. The molecule has 6 nitrogen and oxygen atoms in total. The molecule has 0 amide bonds. The van der Waals surface area contributed by atoms with E-state index in [1.165, 1.54) is 12.1 Å². The molecule has 21 heavy (non-hydrogen) atoms. The molecule has 1 rings (SSSR count). The van der Waals surface area contributed by atoms with Crippen molar-refractivity contribution < 1.29 is 29.0 Å². The van der Waals surface area contributed by atoms with Gasteiger partial charge in [-0.2, -0.15) is 0 Å². The normalized spacial score (nSPS) is 13.0. The number of hydrogen-bond donors (Lipinski definition) is 1. The van der Waals surface area contributed by atoms with Crippen molar-refractivity contribution >= 4 is 17.9 Å². The van der Waals surface area contributed by atoms with Crippen LogP contribution in [0.5, 0.6) is 0 Å². The van der Waals surface area contributed by atoms with Crippen LogP contribution in [0.2, 0.25) is 0 Å². The SMILES string of the molecule is CCOC(=O)CC(C(=O)O)(C(=O)OCC)c1ccccc1. The molecule has 6 heteroatoms. The number of aliphatic carboxylic acids is 1. The molecule has 0 aliphatic heterocycles. The summed E-state index contributed by atoms with van der Waals surface area (Å²) in [5.41, 5.74) is -1.91. The molecule has 0 saturated carbocycles. The number of carboxylic acid groups (broad SMARTS) is 1. The third-order valence-corrected chi connectivity index (χ3v) is 2.97. The zero-order chi connectivity index (χ0) is 15.9.